The van der Waals surface area contributed by atoms with E-state index in [0.29, 0.717) is 11.4 Å². The second-order valence-electron chi connectivity index (χ2n) is 5.29. The van der Waals surface area contributed by atoms with Crippen LogP contribution in [-0.2, 0) is 11.2 Å². The molecule has 0 N–H and O–H groups in total. The molecule has 1 atom stereocenters. The lowest BCUT2D eigenvalue weighted by molar-refractivity contribution is -0.134. The summed E-state index contributed by atoms with van der Waals surface area (Å²) in [5.74, 6) is 0.0563. The maximum Gasteiger partial charge on any atom is 0.265 e. The van der Waals surface area contributed by atoms with Crippen LogP contribution in [0, 0.1) is 5.92 Å². The highest BCUT2D eigenvalue weighted by atomic mass is 32.1. The lowest BCUT2D eigenvalue weighted by atomic mass is 9.96. The Balaban J connectivity index is 2.05. The molecule has 0 spiro atoms. The maximum absolute atomic E-state index is 12.4. The molecule has 5 nitrogen and oxygen atoms in total. The SMILES string of the molecule is CCc1ncc(C(=O)N2CCCC(C(=O)N(C)C)C2)s1. The molecule has 0 bridgehead atoms. The topological polar surface area (TPSA) is 53.5 Å². The van der Waals surface area contributed by atoms with Gasteiger partial charge in [-0.05, 0) is 19.3 Å². The summed E-state index contributed by atoms with van der Waals surface area (Å²) in [5.41, 5.74) is 0. The van der Waals surface area contributed by atoms with Crippen molar-refractivity contribution in [3.8, 4) is 0 Å². The lowest BCUT2D eigenvalue weighted by Crippen LogP contribution is -2.45. The van der Waals surface area contributed by atoms with Gasteiger partial charge in [0.25, 0.3) is 5.91 Å². The van der Waals surface area contributed by atoms with Gasteiger partial charge in [-0.15, -0.1) is 11.3 Å². The summed E-state index contributed by atoms with van der Waals surface area (Å²) >= 11 is 1.45. The Morgan fingerprint density at radius 1 is 1.50 bits per heavy atom. The number of aromatic nitrogens is 1. The third-order valence-corrected chi connectivity index (χ3v) is 4.70. The van der Waals surface area contributed by atoms with Gasteiger partial charge in [0.1, 0.15) is 4.88 Å². The van der Waals surface area contributed by atoms with Gasteiger partial charge in [-0.25, -0.2) is 4.98 Å². The van der Waals surface area contributed by atoms with E-state index in [9.17, 15) is 9.59 Å². The first kappa shape index (κ1) is 15.0. The summed E-state index contributed by atoms with van der Waals surface area (Å²) in [6.07, 6.45) is 4.25. The lowest BCUT2D eigenvalue weighted by Gasteiger charge is -2.32. The molecule has 1 aliphatic rings. The van der Waals surface area contributed by atoms with Crippen LogP contribution in [0.3, 0.4) is 0 Å². The number of thiazole rings is 1. The van der Waals surface area contributed by atoms with E-state index in [4.69, 9.17) is 0 Å². The minimum atomic E-state index is -0.0683. The highest BCUT2D eigenvalue weighted by molar-refractivity contribution is 7.13. The van der Waals surface area contributed by atoms with Gasteiger partial charge >= 0.3 is 0 Å². The fraction of sp³-hybridized carbons (Fsp3) is 0.643. The van der Waals surface area contributed by atoms with Gasteiger partial charge in [0.2, 0.25) is 5.91 Å². The molecule has 0 aliphatic carbocycles. The number of carbonyl (C=O) groups is 2. The van der Waals surface area contributed by atoms with Gasteiger partial charge in [0.15, 0.2) is 0 Å². The van der Waals surface area contributed by atoms with Crippen LogP contribution in [0.5, 0.6) is 0 Å². The molecule has 2 rings (SSSR count). The number of piperidine rings is 1. The highest BCUT2D eigenvalue weighted by Crippen LogP contribution is 2.22. The van der Waals surface area contributed by atoms with Gasteiger partial charge in [-0.3, -0.25) is 9.59 Å². The van der Waals surface area contributed by atoms with Crippen LogP contribution in [0.4, 0.5) is 0 Å². The van der Waals surface area contributed by atoms with Crippen LogP contribution in [0.2, 0.25) is 0 Å². The number of nitrogens with zero attached hydrogens (tertiary/aromatic N) is 3. The molecule has 6 heteroatoms. The first-order valence-electron chi connectivity index (χ1n) is 6.98. The van der Waals surface area contributed by atoms with Crippen molar-refractivity contribution in [1.29, 1.82) is 0 Å². The number of likely N-dealkylation sites (tertiary alicyclic amines) is 1. The van der Waals surface area contributed by atoms with Crippen molar-refractivity contribution in [2.24, 2.45) is 5.92 Å². The van der Waals surface area contributed by atoms with Crippen molar-refractivity contribution in [2.45, 2.75) is 26.2 Å². The standard InChI is InChI=1S/C14H21N3O2S/c1-4-12-15-8-11(20-12)14(19)17-7-5-6-10(9-17)13(18)16(2)3/h8,10H,4-7,9H2,1-3H3. The Hall–Kier alpha value is -1.43. The van der Waals surface area contributed by atoms with Crippen LogP contribution in [0.25, 0.3) is 0 Å². The molecule has 1 aromatic heterocycles. The van der Waals surface area contributed by atoms with Crippen molar-refractivity contribution in [1.82, 2.24) is 14.8 Å². The van der Waals surface area contributed by atoms with Crippen LogP contribution in [0.1, 0.15) is 34.4 Å². The normalized spacial score (nSPS) is 18.9. The van der Waals surface area contributed by atoms with E-state index in [-0.39, 0.29) is 17.7 Å². The zero-order chi connectivity index (χ0) is 14.7. The summed E-state index contributed by atoms with van der Waals surface area (Å²) < 4.78 is 0. The summed E-state index contributed by atoms with van der Waals surface area (Å²) in [4.78, 5) is 32.8. The molecule has 1 saturated heterocycles. The van der Waals surface area contributed by atoms with Crippen LogP contribution in [-0.4, -0.2) is 53.8 Å². The second-order valence-corrected chi connectivity index (χ2v) is 6.41. The van der Waals surface area contributed by atoms with Gasteiger partial charge in [-0.2, -0.15) is 0 Å². The smallest absolute Gasteiger partial charge is 0.265 e. The van der Waals surface area contributed by atoms with Crippen molar-refractivity contribution >= 4 is 23.2 Å². The summed E-state index contributed by atoms with van der Waals surface area (Å²) in [6, 6.07) is 0. The number of hydrogen-bond acceptors (Lipinski definition) is 4. The minimum absolute atomic E-state index is 0.0125. The van der Waals surface area contributed by atoms with Crippen LogP contribution >= 0.6 is 11.3 Å². The third kappa shape index (κ3) is 3.17. The average molecular weight is 295 g/mol. The second kappa shape index (κ2) is 6.35. The summed E-state index contributed by atoms with van der Waals surface area (Å²) in [7, 11) is 3.53. The Labute approximate surface area is 123 Å². The monoisotopic (exact) mass is 295 g/mol. The quantitative estimate of drug-likeness (QED) is 0.852. The molecule has 2 heterocycles. The minimum Gasteiger partial charge on any atom is -0.349 e. The van der Waals surface area contributed by atoms with E-state index in [1.807, 2.05) is 6.92 Å². The van der Waals surface area contributed by atoms with Gasteiger partial charge in [-0.1, -0.05) is 6.92 Å². The van der Waals surface area contributed by atoms with Crippen molar-refractivity contribution < 1.29 is 9.59 Å². The Kier molecular flexibility index (Phi) is 4.75. The van der Waals surface area contributed by atoms with Crippen LogP contribution < -0.4 is 0 Å². The van der Waals surface area contributed by atoms with Crippen molar-refractivity contribution in [2.75, 3.05) is 27.2 Å². The zero-order valence-electron chi connectivity index (χ0n) is 12.3. The molecule has 20 heavy (non-hydrogen) atoms. The predicted molar refractivity (Wildman–Crippen MR) is 78.8 cm³/mol. The summed E-state index contributed by atoms with van der Waals surface area (Å²) in [5, 5.41) is 0.978. The molecule has 1 unspecified atom stereocenters. The molecule has 0 aromatic carbocycles. The molecule has 2 amide bonds. The van der Waals surface area contributed by atoms with Crippen molar-refractivity contribution in [3.63, 3.8) is 0 Å². The number of carbonyl (C=O) groups excluding carboxylic acids is 2. The highest BCUT2D eigenvalue weighted by Gasteiger charge is 2.30. The van der Waals surface area contributed by atoms with E-state index < -0.39 is 0 Å². The molecule has 1 aromatic rings. The van der Waals surface area contributed by atoms with Crippen LogP contribution in [0.15, 0.2) is 6.20 Å². The third-order valence-electron chi connectivity index (χ3n) is 3.57. The molecular weight excluding hydrogens is 274 g/mol. The molecule has 1 fully saturated rings. The number of hydrogen-bond donors (Lipinski definition) is 0. The average Bonchev–Trinajstić information content (AvgIpc) is 2.94. The van der Waals surface area contributed by atoms with E-state index in [1.165, 1.54) is 11.3 Å². The predicted octanol–water partition coefficient (Wildman–Crippen LogP) is 1.65. The Morgan fingerprint density at radius 3 is 2.85 bits per heavy atom. The number of amides is 2. The zero-order valence-corrected chi connectivity index (χ0v) is 13.1. The van der Waals surface area contributed by atoms with Gasteiger partial charge < -0.3 is 9.80 Å². The van der Waals surface area contributed by atoms with Crippen molar-refractivity contribution in [3.05, 3.63) is 16.1 Å². The molecule has 0 radical (unpaired) electrons. The number of aryl methyl sites for hydroxylation is 1. The van der Waals surface area contributed by atoms with E-state index in [0.717, 1.165) is 30.8 Å². The van der Waals surface area contributed by atoms with E-state index in [2.05, 4.69) is 4.98 Å². The largest absolute Gasteiger partial charge is 0.349 e. The first-order valence-corrected chi connectivity index (χ1v) is 7.79. The van der Waals surface area contributed by atoms with E-state index in [1.54, 1.807) is 30.1 Å². The van der Waals surface area contributed by atoms with E-state index >= 15 is 0 Å². The van der Waals surface area contributed by atoms with Gasteiger partial charge in [0.05, 0.1) is 17.1 Å². The molecular formula is C14H21N3O2S. The molecule has 1 aliphatic heterocycles. The fourth-order valence-corrected chi connectivity index (χ4v) is 3.28. The molecule has 0 saturated carbocycles. The van der Waals surface area contributed by atoms with Gasteiger partial charge in [0, 0.05) is 27.2 Å². The maximum atomic E-state index is 12.4. The summed E-state index contributed by atoms with van der Waals surface area (Å²) in [6.45, 7) is 3.28. The molecule has 110 valence electrons. The first-order chi connectivity index (χ1) is 9.52. The Morgan fingerprint density at radius 2 is 2.25 bits per heavy atom. The fourth-order valence-electron chi connectivity index (χ4n) is 2.46. The number of rotatable bonds is 3. The Bertz CT molecular complexity index is 498.